The highest BCUT2D eigenvalue weighted by atomic mass is 28.4. The SMILES string of the molecule is COC(=O)OC(C#CCCCCO[Si](C)(C)C(C)(C)C)C(C)(C)Cc1ccccc1. The molecule has 0 bridgehead atoms. The Bertz CT molecular complexity index is 708. The molecule has 1 aromatic carbocycles. The number of carbonyl (C=O) groups is 1. The lowest BCUT2D eigenvalue weighted by molar-refractivity contribution is 0.0131. The standard InChI is InChI=1S/C25H40O4Si/c1-24(2,3)30(7,8)28-19-15-10-9-14-18-22(29-23(26)27-6)25(4,5)20-21-16-12-11-13-17-21/h11-13,16-17,22H,9-10,15,19-20H2,1-8H3. The van der Waals surface area contributed by atoms with Crippen LogP contribution in [-0.4, -0.2) is 34.3 Å². The zero-order chi connectivity index (χ0) is 22.8. The molecule has 0 aromatic heterocycles. The summed E-state index contributed by atoms with van der Waals surface area (Å²) in [6, 6.07) is 10.2. The predicted octanol–water partition coefficient (Wildman–Crippen LogP) is 6.60. The average Bonchev–Trinajstić information content (AvgIpc) is 2.65. The fraction of sp³-hybridized carbons (Fsp3) is 0.640. The third-order valence-electron chi connectivity index (χ3n) is 5.79. The summed E-state index contributed by atoms with van der Waals surface area (Å²) in [5.41, 5.74) is 0.846. The van der Waals surface area contributed by atoms with Crippen LogP contribution in [0.5, 0.6) is 0 Å². The van der Waals surface area contributed by atoms with Crippen LogP contribution in [0, 0.1) is 17.3 Å². The maximum atomic E-state index is 11.7. The summed E-state index contributed by atoms with van der Waals surface area (Å²) in [5.74, 6) is 6.38. The maximum absolute atomic E-state index is 11.7. The normalized spacial score (nSPS) is 13.2. The highest BCUT2D eigenvalue weighted by molar-refractivity contribution is 6.74. The molecule has 0 aliphatic heterocycles. The summed E-state index contributed by atoms with van der Waals surface area (Å²) < 4.78 is 16.4. The molecule has 0 spiro atoms. The van der Waals surface area contributed by atoms with Gasteiger partial charge < -0.3 is 13.9 Å². The van der Waals surface area contributed by atoms with Gasteiger partial charge in [-0.15, -0.1) is 0 Å². The molecule has 1 unspecified atom stereocenters. The molecule has 30 heavy (non-hydrogen) atoms. The molecule has 1 rings (SSSR count). The summed E-state index contributed by atoms with van der Waals surface area (Å²) in [6.07, 6.45) is 2.23. The Morgan fingerprint density at radius 1 is 1.07 bits per heavy atom. The van der Waals surface area contributed by atoms with Crippen molar-refractivity contribution in [2.24, 2.45) is 5.41 Å². The number of rotatable bonds is 9. The van der Waals surface area contributed by atoms with Gasteiger partial charge in [0.2, 0.25) is 0 Å². The van der Waals surface area contributed by atoms with Crippen molar-refractivity contribution in [1.29, 1.82) is 0 Å². The summed E-state index contributed by atoms with van der Waals surface area (Å²) in [5, 5.41) is 0.232. The van der Waals surface area contributed by atoms with Crippen LogP contribution in [0.3, 0.4) is 0 Å². The fourth-order valence-electron chi connectivity index (χ4n) is 2.77. The molecule has 1 aromatic rings. The molecule has 4 nitrogen and oxygen atoms in total. The Hall–Kier alpha value is -1.77. The Kier molecular flexibility index (Phi) is 10.1. The smallest absolute Gasteiger partial charge is 0.438 e. The number of carbonyl (C=O) groups excluding carboxylic acids is 1. The zero-order valence-corrected chi connectivity index (χ0v) is 21.1. The largest absolute Gasteiger partial charge is 0.509 e. The molecule has 0 N–H and O–H groups in total. The van der Waals surface area contributed by atoms with Gasteiger partial charge in [-0.3, -0.25) is 0 Å². The van der Waals surface area contributed by atoms with Crippen molar-refractivity contribution in [3.63, 3.8) is 0 Å². The van der Waals surface area contributed by atoms with E-state index >= 15 is 0 Å². The van der Waals surface area contributed by atoms with Crippen LogP contribution in [0.2, 0.25) is 18.1 Å². The van der Waals surface area contributed by atoms with Gasteiger partial charge in [-0.2, -0.15) is 0 Å². The lowest BCUT2D eigenvalue weighted by Gasteiger charge is -2.36. The van der Waals surface area contributed by atoms with E-state index < -0.39 is 20.6 Å². The summed E-state index contributed by atoms with van der Waals surface area (Å²) in [4.78, 5) is 11.7. The molecule has 0 fully saturated rings. The Labute approximate surface area is 184 Å². The van der Waals surface area contributed by atoms with Crippen molar-refractivity contribution >= 4 is 14.5 Å². The molecule has 0 saturated heterocycles. The molecule has 5 heteroatoms. The van der Waals surface area contributed by atoms with Gasteiger partial charge in [0.1, 0.15) is 0 Å². The molecule has 0 amide bonds. The number of methoxy groups -OCH3 is 1. The van der Waals surface area contributed by atoms with Gasteiger partial charge in [-0.1, -0.05) is 76.8 Å². The van der Waals surface area contributed by atoms with E-state index in [0.717, 1.165) is 32.3 Å². The van der Waals surface area contributed by atoms with Crippen LogP contribution in [0.25, 0.3) is 0 Å². The summed E-state index contributed by atoms with van der Waals surface area (Å²) in [7, 11) is -0.365. The quantitative estimate of drug-likeness (QED) is 0.191. The number of benzene rings is 1. The highest BCUT2D eigenvalue weighted by Crippen LogP contribution is 2.36. The van der Waals surface area contributed by atoms with Crippen LogP contribution in [0.15, 0.2) is 30.3 Å². The van der Waals surface area contributed by atoms with E-state index in [0.29, 0.717) is 0 Å². The fourth-order valence-corrected chi connectivity index (χ4v) is 3.86. The first-order valence-electron chi connectivity index (χ1n) is 10.8. The summed E-state index contributed by atoms with van der Waals surface area (Å²) >= 11 is 0. The average molecular weight is 433 g/mol. The van der Waals surface area contributed by atoms with E-state index in [1.807, 2.05) is 18.2 Å². The van der Waals surface area contributed by atoms with Crippen molar-refractivity contribution in [3.8, 4) is 11.8 Å². The minimum atomic E-state index is -1.68. The zero-order valence-electron chi connectivity index (χ0n) is 20.1. The topological polar surface area (TPSA) is 44.8 Å². The lowest BCUT2D eigenvalue weighted by atomic mass is 9.80. The van der Waals surface area contributed by atoms with Crippen LogP contribution in [-0.2, 0) is 20.3 Å². The molecule has 1 atom stereocenters. The first-order valence-corrected chi connectivity index (χ1v) is 13.7. The molecule has 0 aliphatic carbocycles. The van der Waals surface area contributed by atoms with Gasteiger partial charge in [0, 0.05) is 18.4 Å². The van der Waals surface area contributed by atoms with E-state index in [-0.39, 0.29) is 10.5 Å². The number of hydrogen-bond acceptors (Lipinski definition) is 4. The van der Waals surface area contributed by atoms with Gasteiger partial charge in [-0.25, -0.2) is 4.79 Å². The molecule has 0 saturated carbocycles. The molecule has 168 valence electrons. The maximum Gasteiger partial charge on any atom is 0.509 e. The lowest BCUT2D eigenvalue weighted by Crippen LogP contribution is -2.40. The van der Waals surface area contributed by atoms with Gasteiger partial charge in [0.25, 0.3) is 0 Å². The monoisotopic (exact) mass is 432 g/mol. The molecule has 0 heterocycles. The van der Waals surface area contributed by atoms with Crippen molar-refractivity contribution < 1.29 is 18.7 Å². The van der Waals surface area contributed by atoms with E-state index in [4.69, 9.17) is 13.9 Å². The Balaban J connectivity index is 2.63. The number of unbranched alkanes of at least 4 members (excludes halogenated alkanes) is 2. The van der Waals surface area contributed by atoms with Crippen molar-refractivity contribution in [2.75, 3.05) is 13.7 Å². The van der Waals surface area contributed by atoms with Crippen LogP contribution >= 0.6 is 0 Å². The first kappa shape index (κ1) is 26.3. The van der Waals surface area contributed by atoms with Crippen LogP contribution < -0.4 is 0 Å². The third-order valence-corrected chi connectivity index (χ3v) is 10.3. The van der Waals surface area contributed by atoms with Crippen LogP contribution in [0.1, 0.15) is 59.4 Å². The van der Waals surface area contributed by atoms with Crippen molar-refractivity contribution in [2.45, 2.75) is 84.5 Å². The van der Waals surface area contributed by atoms with Crippen LogP contribution in [0.4, 0.5) is 4.79 Å². The second-order valence-corrected chi connectivity index (χ2v) is 14.8. The molecular formula is C25H40O4Si. The van der Waals surface area contributed by atoms with E-state index in [2.05, 4.69) is 71.7 Å². The first-order chi connectivity index (χ1) is 13.9. The van der Waals surface area contributed by atoms with Gasteiger partial charge >= 0.3 is 6.16 Å². The second kappa shape index (κ2) is 11.6. The second-order valence-electron chi connectivity index (χ2n) is 9.99. The summed E-state index contributed by atoms with van der Waals surface area (Å²) in [6.45, 7) is 16.2. The van der Waals surface area contributed by atoms with Gasteiger partial charge in [0.05, 0.1) is 7.11 Å². The third kappa shape index (κ3) is 8.93. The van der Waals surface area contributed by atoms with Crippen molar-refractivity contribution in [3.05, 3.63) is 35.9 Å². The van der Waals surface area contributed by atoms with E-state index in [1.54, 1.807) is 0 Å². The van der Waals surface area contributed by atoms with Gasteiger partial charge in [0.15, 0.2) is 14.4 Å². The predicted molar refractivity (Wildman–Crippen MR) is 126 cm³/mol. The minimum absolute atomic E-state index is 0.232. The highest BCUT2D eigenvalue weighted by Gasteiger charge is 2.36. The number of hydrogen-bond donors (Lipinski definition) is 0. The minimum Gasteiger partial charge on any atom is -0.438 e. The van der Waals surface area contributed by atoms with E-state index in [9.17, 15) is 4.79 Å². The Morgan fingerprint density at radius 2 is 1.70 bits per heavy atom. The number of ether oxygens (including phenoxy) is 2. The van der Waals surface area contributed by atoms with Gasteiger partial charge in [-0.05, 0) is 43.0 Å². The van der Waals surface area contributed by atoms with Crippen molar-refractivity contribution in [1.82, 2.24) is 0 Å². The Morgan fingerprint density at radius 3 is 2.27 bits per heavy atom. The molecule has 0 aliphatic rings. The molecular weight excluding hydrogens is 392 g/mol. The van der Waals surface area contributed by atoms with E-state index in [1.165, 1.54) is 12.7 Å². The molecule has 0 radical (unpaired) electrons.